The average Bonchev–Trinajstić information content (AvgIpc) is 2.47. The second kappa shape index (κ2) is 5.30. The molecule has 0 amide bonds. The number of aromatic nitrogens is 2. The SMILES string of the molecule is Cc1ccnc(N2CC[C@@]3(CO)CCCN(C)[C@@H]3C2)n1. The van der Waals surface area contributed by atoms with E-state index in [9.17, 15) is 5.11 Å². The molecule has 2 saturated heterocycles. The van der Waals surface area contributed by atoms with Crippen LogP contribution < -0.4 is 4.90 Å². The normalized spacial score (nSPS) is 31.1. The molecule has 1 N–H and O–H groups in total. The maximum atomic E-state index is 9.92. The van der Waals surface area contributed by atoms with Crippen LogP contribution in [0, 0.1) is 12.3 Å². The van der Waals surface area contributed by atoms with Crippen molar-refractivity contribution in [3.63, 3.8) is 0 Å². The summed E-state index contributed by atoms with van der Waals surface area (Å²) >= 11 is 0. The lowest BCUT2D eigenvalue weighted by Gasteiger charge is -2.53. The summed E-state index contributed by atoms with van der Waals surface area (Å²) in [5, 5.41) is 9.92. The molecular weight excluding hydrogens is 252 g/mol. The van der Waals surface area contributed by atoms with Crippen LogP contribution >= 0.6 is 0 Å². The summed E-state index contributed by atoms with van der Waals surface area (Å²) < 4.78 is 0. The highest BCUT2D eigenvalue weighted by atomic mass is 16.3. The molecule has 3 rings (SSSR count). The summed E-state index contributed by atoms with van der Waals surface area (Å²) in [6, 6.07) is 2.33. The molecular formula is C15H24N4O. The van der Waals surface area contributed by atoms with Gasteiger partial charge in [0.1, 0.15) is 0 Å². The van der Waals surface area contributed by atoms with Crippen molar-refractivity contribution in [3.8, 4) is 0 Å². The van der Waals surface area contributed by atoms with E-state index in [1.165, 1.54) is 6.42 Å². The first-order valence-electron chi connectivity index (χ1n) is 7.50. The van der Waals surface area contributed by atoms with Crippen molar-refractivity contribution >= 4 is 5.95 Å². The first-order valence-corrected chi connectivity index (χ1v) is 7.50. The Bertz CT molecular complexity index is 481. The van der Waals surface area contributed by atoms with E-state index in [2.05, 4.69) is 26.8 Å². The van der Waals surface area contributed by atoms with Gasteiger partial charge in [-0.05, 0) is 45.8 Å². The van der Waals surface area contributed by atoms with Gasteiger partial charge < -0.3 is 14.9 Å². The number of nitrogens with zero attached hydrogens (tertiary/aromatic N) is 4. The van der Waals surface area contributed by atoms with Gasteiger partial charge in [-0.15, -0.1) is 0 Å². The van der Waals surface area contributed by atoms with Gasteiger partial charge in [0.15, 0.2) is 0 Å². The fourth-order valence-electron chi connectivity index (χ4n) is 3.79. The van der Waals surface area contributed by atoms with Gasteiger partial charge in [-0.25, -0.2) is 9.97 Å². The average molecular weight is 276 g/mol. The van der Waals surface area contributed by atoms with E-state index < -0.39 is 0 Å². The molecule has 5 nitrogen and oxygen atoms in total. The van der Waals surface area contributed by atoms with Gasteiger partial charge in [0.05, 0.1) is 6.61 Å². The Labute approximate surface area is 120 Å². The number of likely N-dealkylation sites (tertiary alicyclic amines) is 1. The maximum Gasteiger partial charge on any atom is 0.225 e. The van der Waals surface area contributed by atoms with Crippen LogP contribution in [0.25, 0.3) is 0 Å². The number of aryl methyl sites for hydroxylation is 1. The zero-order valence-corrected chi connectivity index (χ0v) is 12.4. The van der Waals surface area contributed by atoms with E-state index in [-0.39, 0.29) is 5.41 Å². The molecule has 3 heterocycles. The number of fused-ring (bicyclic) bond motifs is 1. The molecule has 0 radical (unpaired) electrons. The smallest absolute Gasteiger partial charge is 0.225 e. The highest BCUT2D eigenvalue weighted by Crippen LogP contribution is 2.41. The Hall–Kier alpha value is -1.20. The minimum absolute atomic E-state index is 0.0767. The Kier molecular flexibility index (Phi) is 3.65. The molecule has 5 heteroatoms. The number of hydrogen-bond donors (Lipinski definition) is 1. The maximum absolute atomic E-state index is 9.92. The number of aliphatic hydroxyl groups is 1. The van der Waals surface area contributed by atoms with Crippen LogP contribution in [0.2, 0.25) is 0 Å². The lowest BCUT2D eigenvalue weighted by Crippen LogP contribution is -2.61. The molecule has 0 saturated carbocycles. The van der Waals surface area contributed by atoms with Crippen LogP contribution in [-0.2, 0) is 0 Å². The molecule has 0 unspecified atom stereocenters. The first kappa shape index (κ1) is 13.8. The fourth-order valence-corrected chi connectivity index (χ4v) is 3.79. The van der Waals surface area contributed by atoms with E-state index in [1.807, 2.05) is 19.2 Å². The van der Waals surface area contributed by atoms with Crippen molar-refractivity contribution in [1.29, 1.82) is 0 Å². The molecule has 2 aliphatic rings. The van der Waals surface area contributed by atoms with Gasteiger partial charge in [-0.1, -0.05) is 0 Å². The Balaban J connectivity index is 1.83. The van der Waals surface area contributed by atoms with E-state index >= 15 is 0 Å². The Morgan fingerprint density at radius 2 is 2.25 bits per heavy atom. The third-order valence-electron chi connectivity index (χ3n) is 5.08. The van der Waals surface area contributed by atoms with E-state index in [4.69, 9.17) is 0 Å². The quantitative estimate of drug-likeness (QED) is 0.875. The summed E-state index contributed by atoms with van der Waals surface area (Å²) in [4.78, 5) is 13.6. The molecule has 2 aliphatic heterocycles. The van der Waals surface area contributed by atoms with Crippen molar-refractivity contribution in [2.75, 3.05) is 38.2 Å². The summed E-state index contributed by atoms with van der Waals surface area (Å²) in [6.45, 7) is 5.27. The lowest BCUT2D eigenvalue weighted by atomic mass is 9.69. The highest BCUT2D eigenvalue weighted by Gasteiger charge is 2.46. The lowest BCUT2D eigenvalue weighted by molar-refractivity contribution is -0.0278. The molecule has 0 aromatic carbocycles. The second-order valence-electron chi connectivity index (χ2n) is 6.31. The van der Waals surface area contributed by atoms with Crippen molar-refractivity contribution in [3.05, 3.63) is 18.0 Å². The van der Waals surface area contributed by atoms with Crippen molar-refractivity contribution in [1.82, 2.24) is 14.9 Å². The standard InChI is InChI=1S/C15H24N4O/c1-12-4-7-16-14(17-12)19-9-6-15(11-20)5-3-8-18(2)13(15)10-19/h4,7,13,20H,3,5-6,8-11H2,1-2H3/t13-,15-/m1/s1. The fraction of sp³-hybridized carbons (Fsp3) is 0.733. The van der Waals surface area contributed by atoms with Crippen LogP contribution in [0.3, 0.4) is 0 Å². The van der Waals surface area contributed by atoms with Crippen molar-refractivity contribution < 1.29 is 5.11 Å². The van der Waals surface area contributed by atoms with Crippen LogP contribution in [0.15, 0.2) is 12.3 Å². The zero-order valence-electron chi connectivity index (χ0n) is 12.4. The van der Waals surface area contributed by atoms with Gasteiger partial charge in [0, 0.05) is 36.4 Å². The predicted octanol–water partition coefficient (Wildman–Crippen LogP) is 1.07. The molecule has 20 heavy (non-hydrogen) atoms. The summed E-state index contributed by atoms with van der Waals surface area (Å²) in [7, 11) is 2.18. The van der Waals surface area contributed by atoms with E-state index in [0.29, 0.717) is 12.6 Å². The third kappa shape index (κ3) is 2.29. The number of rotatable bonds is 2. The largest absolute Gasteiger partial charge is 0.396 e. The minimum atomic E-state index is 0.0767. The van der Waals surface area contributed by atoms with E-state index in [0.717, 1.165) is 44.1 Å². The molecule has 2 fully saturated rings. The molecule has 1 aromatic heterocycles. The summed E-state index contributed by atoms with van der Waals surface area (Å²) in [6.07, 6.45) is 5.18. The van der Waals surface area contributed by atoms with Crippen LogP contribution in [-0.4, -0.2) is 59.3 Å². The monoisotopic (exact) mass is 276 g/mol. The summed E-state index contributed by atoms with van der Waals surface area (Å²) in [5.41, 5.74) is 1.08. The molecule has 2 atom stereocenters. The zero-order chi connectivity index (χ0) is 14.2. The van der Waals surface area contributed by atoms with Gasteiger partial charge in [-0.2, -0.15) is 0 Å². The Morgan fingerprint density at radius 3 is 3.00 bits per heavy atom. The van der Waals surface area contributed by atoms with Gasteiger partial charge in [0.25, 0.3) is 0 Å². The number of anilines is 1. The number of aliphatic hydroxyl groups excluding tert-OH is 1. The van der Waals surface area contributed by atoms with Crippen LogP contribution in [0.4, 0.5) is 5.95 Å². The molecule has 0 aliphatic carbocycles. The number of likely N-dealkylation sites (N-methyl/N-ethyl adjacent to an activating group) is 1. The third-order valence-corrected chi connectivity index (χ3v) is 5.08. The molecule has 110 valence electrons. The van der Waals surface area contributed by atoms with Gasteiger partial charge >= 0.3 is 0 Å². The van der Waals surface area contributed by atoms with Crippen molar-refractivity contribution in [2.24, 2.45) is 5.41 Å². The topological polar surface area (TPSA) is 52.5 Å². The molecule has 1 aromatic rings. The van der Waals surface area contributed by atoms with Crippen molar-refractivity contribution in [2.45, 2.75) is 32.2 Å². The first-order chi connectivity index (χ1) is 9.64. The predicted molar refractivity (Wildman–Crippen MR) is 78.8 cm³/mol. The van der Waals surface area contributed by atoms with E-state index in [1.54, 1.807) is 0 Å². The number of hydrogen-bond acceptors (Lipinski definition) is 5. The highest BCUT2D eigenvalue weighted by molar-refractivity contribution is 5.32. The van der Waals surface area contributed by atoms with Gasteiger partial charge in [0.2, 0.25) is 5.95 Å². The van der Waals surface area contributed by atoms with Crippen LogP contribution in [0.1, 0.15) is 25.0 Å². The van der Waals surface area contributed by atoms with Gasteiger partial charge in [-0.3, -0.25) is 0 Å². The summed E-state index contributed by atoms with van der Waals surface area (Å²) in [5.74, 6) is 0.829. The minimum Gasteiger partial charge on any atom is -0.396 e. The second-order valence-corrected chi connectivity index (χ2v) is 6.31. The Morgan fingerprint density at radius 1 is 1.40 bits per heavy atom. The molecule has 0 bridgehead atoms. The molecule has 0 spiro atoms. The van der Waals surface area contributed by atoms with Crippen LogP contribution in [0.5, 0.6) is 0 Å². The number of piperidine rings is 2.